The molecular weight excluding hydrogens is 373 g/mol. The summed E-state index contributed by atoms with van der Waals surface area (Å²) in [4.78, 5) is 12.7. The molecule has 1 aromatic rings. The van der Waals surface area contributed by atoms with Gasteiger partial charge in [-0.05, 0) is 83.9 Å². The van der Waals surface area contributed by atoms with E-state index in [2.05, 4.69) is 67.7 Å². The summed E-state index contributed by atoms with van der Waals surface area (Å²) in [6.45, 7) is 8.84. The third kappa shape index (κ3) is 4.21. The molecule has 21 heavy (non-hydrogen) atoms. The van der Waals surface area contributed by atoms with E-state index in [-0.39, 0.29) is 11.8 Å². The molecule has 1 aliphatic rings. The molecule has 0 bridgehead atoms. The van der Waals surface area contributed by atoms with E-state index in [4.69, 9.17) is 0 Å². The van der Waals surface area contributed by atoms with Crippen molar-refractivity contribution in [1.82, 2.24) is 0 Å². The summed E-state index contributed by atoms with van der Waals surface area (Å²) in [5.74, 6) is 2.13. The summed E-state index contributed by atoms with van der Waals surface area (Å²) in [7, 11) is 0. The van der Waals surface area contributed by atoms with Crippen LogP contribution in [0.2, 0.25) is 0 Å². The van der Waals surface area contributed by atoms with Gasteiger partial charge in [-0.2, -0.15) is 0 Å². The van der Waals surface area contributed by atoms with Crippen LogP contribution in [-0.4, -0.2) is 5.91 Å². The number of aryl methyl sites for hydroxylation is 1. The number of nitrogens with one attached hydrogen (secondary N) is 1. The highest BCUT2D eigenvalue weighted by Crippen LogP contribution is 2.38. The lowest BCUT2D eigenvalue weighted by Crippen LogP contribution is -2.36. The fourth-order valence-corrected chi connectivity index (χ4v) is 3.80. The number of anilines is 1. The molecule has 3 unspecified atom stereocenters. The second-order valence-electron chi connectivity index (χ2n) is 6.89. The van der Waals surface area contributed by atoms with Crippen LogP contribution >= 0.6 is 22.6 Å². The van der Waals surface area contributed by atoms with Gasteiger partial charge in [-0.3, -0.25) is 4.79 Å². The van der Waals surface area contributed by atoms with Gasteiger partial charge in [-0.25, -0.2) is 0 Å². The van der Waals surface area contributed by atoms with Gasteiger partial charge in [0.1, 0.15) is 0 Å². The summed E-state index contributed by atoms with van der Waals surface area (Å²) in [5.41, 5.74) is 2.14. The lowest BCUT2D eigenvalue weighted by atomic mass is 9.70. The van der Waals surface area contributed by atoms with Crippen LogP contribution in [0, 0.1) is 34.2 Å². The Kier molecular flexibility index (Phi) is 5.69. The Labute approximate surface area is 142 Å². The third-order valence-electron chi connectivity index (χ3n) is 4.78. The van der Waals surface area contributed by atoms with Crippen molar-refractivity contribution in [1.29, 1.82) is 0 Å². The summed E-state index contributed by atoms with van der Waals surface area (Å²) in [6, 6.07) is 6.13. The van der Waals surface area contributed by atoms with E-state index in [9.17, 15) is 4.79 Å². The number of carbonyl (C=O) groups excluding carboxylic acids is 1. The number of rotatable bonds is 3. The van der Waals surface area contributed by atoms with Gasteiger partial charge in [-0.1, -0.05) is 27.2 Å². The predicted molar refractivity (Wildman–Crippen MR) is 97.4 cm³/mol. The van der Waals surface area contributed by atoms with Gasteiger partial charge in [0.25, 0.3) is 0 Å². The molecule has 0 radical (unpaired) electrons. The minimum absolute atomic E-state index is 0.160. The molecule has 2 nitrogen and oxygen atoms in total. The Bertz CT molecular complexity index is 512. The second-order valence-corrected chi connectivity index (χ2v) is 8.05. The smallest absolute Gasteiger partial charge is 0.227 e. The molecule has 1 aliphatic carbocycles. The van der Waals surface area contributed by atoms with Crippen molar-refractivity contribution in [3.05, 3.63) is 27.3 Å². The first-order valence-corrected chi connectivity index (χ1v) is 9.03. The topological polar surface area (TPSA) is 29.1 Å². The molecule has 0 saturated heterocycles. The minimum Gasteiger partial charge on any atom is -0.326 e. The van der Waals surface area contributed by atoms with E-state index in [1.807, 2.05) is 6.07 Å². The molecule has 2 rings (SSSR count). The average Bonchev–Trinajstić information content (AvgIpc) is 2.42. The van der Waals surface area contributed by atoms with Crippen LogP contribution in [-0.2, 0) is 4.79 Å². The van der Waals surface area contributed by atoms with E-state index < -0.39 is 0 Å². The zero-order valence-corrected chi connectivity index (χ0v) is 15.6. The number of amides is 1. The van der Waals surface area contributed by atoms with Gasteiger partial charge in [0.2, 0.25) is 5.91 Å². The number of carbonyl (C=O) groups is 1. The van der Waals surface area contributed by atoms with Crippen molar-refractivity contribution in [3.63, 3.8) is 0 Å². The van der Waals surface area contributed by atoms with Crippen LogP contribution in [0.25, 0.3) is 0 Å². The van der Waals surface area contributed by atoms with E-state index in [0.29, 0.717) is 17.8 Å². The standard InChI is InChI=1S/C18H26INO/c1-11(2)15-7-5-12(3)9-16(15)18(21)20-14-6-8-17(19)13(4)10-14/h6,8,10-12,15-16H,5,7,9H2,1-4H3,(H,20,21). The summed E-state index contributed by atoms with van der Waals surface area (Å²) in [6.07, 6.45) is 3.47. The van der Waals surface area contributed by atoms with E-state index >= 15 is 0 Å². The predicted octanol–water partition coefficient (Wildman–Crippen LogP) is 5.25. The van der Waals surface area contributed by atoms with Gasteiger partial charge in [-0.15, -0.1) is 0 Å². The van der Waals surface area contributed by atoms with E-state index in [0.717, 1.165) is 12.1 Å². The van der Waals surface area contributed by atoms with Crippen molar-refractivity contribution in [2.45, 2.75) is 47.0 Å². The molecule has 0 spiro atoms. The first-order valence-electron chi connectivity index (χ1n) is 7.95. The van der Waals surface area contributed by atoms with Crippen molar-refractivity contribution in [2.24, 2.45) is 23.7 Å². The molecular formula is C18H26INO. The summed E-state index contributed by atoms with van der Waals surface area (Å²) >= 11 is 2.32. The maximum Gasteiger partial charge on any atom is 0.227 e. The van der Waals surface area contributed by atoms with Crippen molar-refractivity contribution in [3.8, 4) is 0 Å². The fourth-order valence-electron chi connectivity index (χ4n) is 3.46. The van der Waals surface area contributed by atoms with Gasteiger partial charge in [0.15, 0.2) is 0 Å². The summed E-state index contributed by atoms with van der Waals surface area (Å²) in [5, 5.41) is 3.14. The van der Waals surface area contributed by atoms with Crippen LogP contribution < -0.4 is 5.32 Å². The summed E-state index contributed by atoms with van der Waals surface area (Å²) < 4.78 is 1.23. The SMILES string of the molecule is Cc1cc(NC(=O)C2CC(C)CCC2C(C)C)ccc1I. The molecule has 1 fully saturated rings. The zero-order chi connectivity index (χ0) is 15.6. The highest BCUT2D eigenvalue weighted by molar-refractivity contribution is 14.1. The van der Waals surface area contributed by atoms with Crippen LogP contribution in [0.1, 0.15) is 45.6 Å². The lowest BCUT2D eigenvalue weighted by Gasteiger charge is -2.36. The molecule has 1 saturated carbocycles. The van der Waals surface area contributed by atoms with Gasteiger partial charge in [0, 0.05) is 15.2 Å². The monoisotopic (exact) mass is 399 g/mol. The molecule has 0 aromatic heterocycles. The first kappa shape index (κ1) is 16.8. The molecule has 1 aromatic carbocycles. The van der Waals surface area contributed by atoms with Crippen molar-refractivity contribution < 1.29 is 4.79 Å². The Morgan fingerprint density at radius 1 is 1.33 bits per heavy atom. The average molecular weight is 399 g/mol. The highest BCUT2D eigenvalue weighted by Gasteiger charge is 2.35. The lowest BCUT2D eigenvalue weighted by molar-refractivity contribution is -0.123. The first-order chi connectivity index (χ1) is 9.88. The third-order valence-corrected chi connectivity index (χ3v) is 5.99. The van der Waals surface area contributed by atoms with Crippen molar-refractivity contribution in [2.75, 3.05) is 5.32 Å². The maximum atomic E-state index is 12.7. The zero-order valence-electron chi connectivity index (χ0n) is 13.4. The van der Waals surface area contributed by atoms with Gasteiger partial charge in [0.05, 0.1) is 0 Å². The molecule has 0 aliphatic heterocycles. The van der Waals surface area contributed by atoms with Crippen LogP contribution in [0.3, 0.4) is 0 Å². The normalized spacial score (nSPS) is 25.9. The molecule has 1 N–H and O–H groups in total. The van der Waals surface area contributed by atoms with E-state index in [1.54, 1.807) is 0 Å². The quantitative estimate of drug-likeness (QED) is 0.692. The number of hydrogen-bond donors (Lipinski definition) is 1. The maximum absolute atomic E-state index is 12.7. The molecule has 1 amide bonds. The highest BCUT2D eigenvalue weighted by atomic mass is 127. The largest absolute Gasteiger partial charge is 0.326 e. The molecule has 3 heteroatoms. The Morgan fingerprint density at radius 2 is 2.05 bits per heavy atom. The second kappa shape index (κ2) is 7.12. The van der Waals surface area contributed by atoms with E-state index in [1.165, 1.54) is 22.0 Å². The molecule has 0 heterocycles. The van der Waals surface area contributed by atoms with Gasteiger partial charge < -0.3 is 5.32 Å². The fraction of sp³-hybridized carbons (Fsp3) is 0.611. The number of benzene rings is 1. The van der Waals surface area contributed by atoms with Crippen LogP contribution in [0.15, 0.2) is 18.2 Å². The van der Waals surface area contributed by atoms with Crippen LogP contribution in [0.4, 0.5) is 5.69 Å². The number of halogens is 1. The number of hydrogen-bond acceptors (Lipinski definition) is 1. The van der Waals surface area contributed by atoms with Gasteiger partial charge >= 0.3 is 0 Å². The Balaban J connectivity index is 2.11. The Morgan fingerprint density at radius 3 is 2.67 bits per heavy atom. The van der Waals surface area contributed by atoms with Crippen LogP contribution in [0.5, 0.6) is 0 Å². The Hall–Kier alpha value is -0.580. The molecule has 116 valence electrons. The molecule has 3 atom stereocenters. The minimum atomic E-state index is 0.160. The van der Waals surface area contributed by atoms with Crippen molar-refractivity contribution >= 4 is 34.2 Å².